The highest BCUT2D eigenvalue weighted by atomic mass is 19.4. The van der Waals surface area contributed by atoms with E-state index in [9.17, 15) is 18.0 Å². The molecule has 0 spiro atoms. The summed E-state index contributed by atoms with van der Waals surface area (Å²) in [6, 6.07) is 7.32. The standard InChI is InChI=1S/C15H19F3N2O/c1-10(14(21)19-9-15(16,17)18)20-13-8-4-6-11-5-2-3-7-12(11)13/h2-3,5,7,10,13,20H,4,6,8-9H2,1H3,(H,19,21). The quantitative estimate of drug-likeness (QED) is 0.897. The van der Waals surface area contributed by atoms with Gasteiger partial charge in [-0.25, -0.2) is 0 Å². The molecule has 1 aliphatic rings. The van der Waals surface area contributed by atoms with Crippen LogP contribution in [0.4, 0.5) is 13.2 Å². The average Bonchev–Trinajstić information content (AvgIpc) is 2.44. The van der Waals surface area contributed by atoms with Gasteiger partial charge in [0.1, 0.15) is 6.54 Å². The number of carbonyl (C=O) groups excluding carboxylic acids is 1. The average molecular weight is 300 g/mol. The van der Waals surface area contributed by atoms with E-state index in [1.54, 1.807) is 6.92 Å². The highest BCUT2D eigenvalue weighted by Crippen LogP contribution is 2.29. The summed E-state index contributed by atoms with van der Waals surface area (Å²) in [7, 11) is 0. The number of aryl methyl sites for hydroxylation is 1. The molecule has 2 unspecified atom stereocenters. The second-order valence-corrected chi connectivity index (χ2v) is 5.36. The Morgan fingerprint density at radius 2 is 2.10 bits per heavy atom. The van der Waals surface area contributed by atoms with Crippen molar-refractivity contribution < 1.29 is 18.0 Å². The number of nitrogens with one attached hydrogen (secondary N) is 2. The van der Waals surface area contributed by atoms with E-state index in [4.69, 9.17) is 0 Å². The molecular formula is C15H19F3N2O. The minimum atomic E-state index is -4.38. The number of carbonyl (C=O) groups is 1. The molecule has 1 aromatic carbocycles. The van der Waals surface area contributed by atoms with Gasteiger partial charge in [0.15, 0.2) is 0 Å². The van der Waals surface area contributed by atoms with Gasteiger partial charge in [0.2, 0.25) is 5.91 Å². The number of rotatable bonds is 4. The Labute approximate surface area is 121 Å². The molecule has 0 saturated carbocycles. The van der Waals surface area contributed by atoms with Crippen molar-refractivity contribution in [2.45, 2.75) is 44.4 Å². The first kappa shape index (κ1) is 15.8. The van der Waals surface area contributed by atoms with Crippen LogP contribution in [0.25, 0.3) is 0 Å². The van der Waals surface area contributed by atoms with Crippen LogP contribution in [0.1, 0.15) is 36.9 Å². The molecule has 1 aliphatic carbocycles. The molecule has 1 aromatic rings. The summed E-state index contributed by atoms with van der Waals surface area (Å²) in [5.74, 6) is -0.629. The molecule has 21 heavy (non-hydrogen) atoms. The normalized spacial score (nSPS) is 19.7. The number of benzene rings is 1. The Bertz CT molecular complexity index is 502. The van der Waals surface area contributed by atoms with Gasteiger partial charge in [-0.15, -0.1) is 0 Å². The number of amides is 1. The predicted molar refractivity (Wildman–Crippen MR) is 73.8 cm³/mol. The molecule has 0 radical (unpaired) electrons. The summed E-state index contributed by atoms with van der Waals surface area (Å²) in [5.41, 5.74) is 2.38. The maximum absolute atomic E-state index is 12.1. The topological polar surface area (TPSA) is 41.1 Å². The summed E-state index contributed by atoms with van der Waals surface area (Å²) in [6.45, 7) is 0.294. The number of alkyl halides is 3. The number of fused-ring (bicyclic) bond motifs is 1. The van der Waals surface area contributed by atoms with Gasteiger partial charge in [0.05, 0.1) is 6.04 Å². The van der Waals surface area contributed by atoms with Crippen LogP contribution >= 0.6 is 0 Å². The van der Waals surface area contributed by atoms with E-state index >= 15 is 0 Å². The van der Waals surface area contributed by atoms with Crippen LogP contribution in [0.15, 0.2) is 24.3 Å². The molecule has 0 bridgehead atoms. The summed E-state index contributed by atoms with van der Waals surface area (Å²) >= 11 is 0. The van der Waals surface area contributed by atoms with E-state index in [0.717, 1.165) is 24.8 Å². The highest BCUT2D eigenvalue weighted by Gasteiger charge is 2.29. The molecular weight excluding hydrogens is 281 g/mol. The van der Waals surface area contributed by atoms with Crippen molar-refractivity contribution in [3.63, 3.8) is 0 Å². The largest absolute Gasteiger partial charge is 0.405 e. The van der Waals surface area contributed by atoms with Crippen molar-refractivity contribution in [2.75, 3.05) is 6.54 Å². The van der Waals surface area contributed by atoms with Crippen molar-refractivity contribution in [3.8, 4) is 0 Å². The third-order valence-electron chi connectivity index (χ3n) is 3.68. The fourth-order valence-electron chi connectivity index (χ4n) is 2.64. The minimum absolute atomic E-state index is 0.0154. The van der Waals surface area contributed by atoms with Gasteiger partial charge >= 0.3 is 6.18 Å². The molecule has 1 amide bonds. The van der Waals surface area contributed by atoms with Crippen LogP contribution in [-0.4, -0.2) is 24.7 Å². The van der Waals surface area contributed by atoms with Gasteiger partial charge in [0.25, 0.3) is 0 Å². The number of halogens is 3. The Balaban J connectivity index is 1.94. The highest BCUT2D eigenvalue weighted by molar-refractivity contribution is 5.81. The first-order valence-electron chi connectivity index (χ1n) is 7.05. The Morgan fingerprint density at radius 1 is 1.38 bits per heavy atom. The molecule has 2 atom stereocenters. The SMILES string of the molecule is CC(NC1CCCc2ccccc21)C(=O)NCC(F)(F)F. The lowest BCUT2D eigenvalue weighted by molar-refractivity contribution is -0.139. The van der Waals surface area contributed by atoms with E-state index in [1.807, 2.05) is 23.5 Å². The lowest BCUT2D eigenvalue weighted by Gasteiger charge is -2.29. The van der Waals surface area contributed by atoms with Crippen LogP contribution in [0.2, 0.25) is 0 Å². The van der Waals surface area contributed by atoms with Gasteiger partial charge in [-0.1, -0.05) is 24.3 Å². The predicted octanol–water partition coefficient (Wildman–Crippen LogP) is 2.72. The zero-order chi connectivity index (χ0) is 15.5. The van der Waals surface area contributed by atoms with E-state index in [2.05, 4.69) is 11.4 Å². The van der Waals surface area contributed by atoms with Crippen LogP contribution < -0.4 is 10.6 Å². The smallest absolute Gasteiger partial charge is 0.346 e. The van der Waals surface area contributed by atoms with Gasteiger partial charge < -0.3 is 5.32 Å². The minimum Gasteiger partial charge on any atom is -0.346 e. The Morgan fingerprint density at radius 3 is 2.81 bits per heavy atom. The molecule has 0 heterocycles. The summed E-state index contributed by atoms with van der Waals surface area (Å²) in [6.07, 6.45) is -1.49. The van der Waals surface area contributed by atoms with Gasteiger partial charge in [0, 0.05) is 6.04 Å². The van der Waals surface area contributed by atoms with Crippen molar-refractivity contribution in [3.05, 3.63) is 35.4 Å². The number of hydrogen-bond acceptors (Lipinski definition) is 2. The molecule has 3 nitrogen and oxygen atoms in total. The molecule has 0 aliphatic heterocycles. The molecule has 2 N–H and O–H groups in total. The van der Waals surface area contributed by atoms with Gasteiger partial charge in [-0.3, -0.25) is 10.1 Å². The molecule has 2 rings (SSSR count). The summed E-state index contributed by atoms with van der Waals surface area (Å²) in [5, 5.41) is 5.04. The molecule has 0 aromatic heterocycles. The number of hydrogen-bond donors (Lipinski definition) is 2. The van der Waals surface area contributed by atoms with Crippen molar-refractivity contribution in [1.29, 1.82) is 0 Å². The van der Waals surface area contributed by atoms with Crippen LogP contribution in [0.5, 0.6) is 0 Å². The second kappa shape index (κ2) is 6.47. The van der Waals surface area contributed by atoms with E-state index in [1.165, 1.54) is 5.56 Å². The van der Waals surface area contributed by atoms with Crippen molar-refractivity contribution in [2.24, 2.45) is 0 Å². The van der Waals surface area contributed by atoms with Crippen LogP contribution in [0.3, 0.4) is 0 Å². The Kier molecular flexibility index (Phi) is 4.88. The fourth-order valence-corrected chi connectivity index (χ4v) is 2.64. The third kappa shape index (κ3) is 4.46. The zero-order valence-electron chi connectivity index (χ0n) is 11.8. The van der Waals surface area contributed by atoms with Crippen molar-refractivity contribution >= 4 is 5.91 Å². The molecule has 0 saturated heterocycles. The third-order valence-corrected chi connectivity index (χ3v) is 3.68. The van der Waals surface area contributed by atoms with E-state index in [0.29, 0.717) is 0 Å². The maximum atomic E-state index is 12.1. The molecule has 0 fully saturated rings. The van der Waals surface area contributed by atoms with Crippen LogP contribution in [-0.2, 0) is 11.2 Å². The molecule has 6 heteroatoms. The Hall–Kier alpha value is -1.56. The van der Waals surface area contributed by atoms with Gasteiger partial charge in [-0.05, 0) is 37.3 Å². The summed E-state index contributed by atoms with van der Waals surface area (Å²) < 4.78 is 36.3. The summed E-state index contributed by atoms with van der Waals surface area (Å²) in [4.78, 5) is 11.7. The zero-order valence-corrected chi connectivity index (χ0v) is 11.8. The molecule has 116 valence electrons. The fraction of sp³-hybridized carbons (Fsp3) is 0.533. The van der Waals surface area contributed by atoms with Gasteiger partial charge in [-0.2, -0.15) is 13.2 Å². The van der Waals surface area contributed by atoms with E-state index in [-0.39, 0.29) is 6.04 Å². The maximum Gasteiger partial charge on any atom is 0.405 e. The van der Waals surface area contributed by atoms with Crippen LogP contribution in [0, 0.1) is 0 Å². The second-order valence-electron chi connectivity index (χ2n) is 5.36. The first-order valence-corrected chi connectivity index (χ1v) is 7.05. The first-order chi connectivity index (χ1) is 9.87. The lowest BCUT2D eigenvalue weighted by Crippen LogP contribution is -2.46. The lowest BCUT2D eigenvalue weighted by atomic mass is 9.87. The van der Waals surface area contributed by atoms with Crippen molar-refractivity contribution in [1.82, 2.24) is 10.6 Å². The van der Waals surface area contributed by atoms with E-state index < -0.39 is 24.7 Å². The monoisotopic (exact) mass is 300 g/mol.